The molecule has 146 valence electrons. The molecule has 0 radical (unpaired) electrons. The number of hydrogen-bond donors (Lipinski definition) is 1. The molecule has 0 bridgehead atoms. The molecule has 0 aliphatic rings. The van der Waals surface area contributed by atoms with E-state index in [9.17, 15) is 9.59 Å². The molecule has 9 heteroatoms. The molecule has 0 fully saturated rings. The number of hydrogen-bond acceptors (Lipinski definition) is 6. The normalized spacial score (nSPS) is 11.4. The third kappa shape index (κ3) is 4.59. The third-order valence-electron chi connectivity index (χ3n) is 3.97. The van der Waals surface area contributed by atoms with Crippen molar-refractivity contribution in [2.75, 3.05) is 5.32 Å². The minimum Gasteiger partial charge on any atom is -0.448 e. The van der Waals surface area contributed by atoms with Gasteiger partial charge < -0.3 is 10.1 Å². The fraction of sp³-hybridized carbons (Fsp3) is 0.150. The zero-order valence-corrected chi connectivity index (χ0v) is 16.3. The molecular formula is C20H16ClN5O3. The molecule has 1 amide bonds. The van der Waals surface area contributed by atoms with Gasteiger partial charge in [-0.1, -0.05) is 29.8 Å². The summed E-state index contributed by atoms with van der Waals surface area (Å²) in [6, 6.07) is 15.4. The van der Waals surface area contributed by atoms with Crippen molar-refractivity contribution >= 4 is 29.2 Å². The Balaban J connectivity index is 1.71. The van der Waals surface area contributed by atoms with Crippen LogP contribution >= 0.6 is 11.6 Å². The van der Waals surface area contributed by atoms with Gasteiger partial charge in [0.15, 0.2) is 11.8 Å². The maximum atomic E-state index is 12.5. The smallest absolute Gasteiger partial charge is 0.361 e. The van der Waals surface area contributed by atoms with Gasteiger partial charge in [-0.15, -0.1) is 5.10 Å². The summed E-state index contributed by atoms with van der Waals surface area (Å²) in [4.78, 5) is 26.1. The molecule has 1 atom stereocenters. The van der Waals surface area contributed by atoms with E-state index in [2.05, 4.69) is 15.5 Å². The van der Waals surface area contributed by atoms with Crippen LogP contribution in [0.4, 0.5) is 5.69 Å². The first kappa shape index (κ1) is 20.0. The van der Waals surface area contributed by atoms with E-state index >= 15 is 0 Å². The molecule has 0 aliphatic heterocycles. The van der Waals surface area contributed by atoms with Crippen LogP contribution in [0.25, 0.3) is 5.69 Å². The van der Waals surface area contributed by atoms with E-state index < -0.39 is 18.0 Å². The van der Waals surface area contributed by atoms with E-state index in [1.165, 1.54) is 11.7 Å². The highest BCUT2D eigenvalue weighted by Crippen LogP contribution is 2.16. The standard InChI is InChI=1S/C20H16ClN5O3/c1-12-18(25-26(24-12)16-8-5-7-15(21)10-16)20(28)29-13(2)19(27)23-17-9-4-3-6-14(17)11-22/h3-10,13H,1-2H3,(H,23,27)/t13-/m0/s1. The van der Waals surface area contributed by atoms with Gasteiger partial charge in [0.25, 0.3) is 5.91 Å². The van der Waals surface area contributed by atoms with E-state index in [0.717, 1.165) is 0 Å². The predicted molar refractivity (Wildman–Crippen MR) is 106 cm³/mol. The van der Waals surface area contributed by atoms with Gasteiger partial charge in [-0.25, -0.2) is 4.79 Å². The SMILES string of the molecule is Cc1nn(-c2cccc(Cl)c2)nc1C(=O)O[C@@H](C)C(=O)Nc1ccccc1C#N. The number of amides is 1. The highest BCUT2D eigenvalue weighted by atomic mass is 35.5. The summed E-state index contributed by atoms with van der Waals surface area (Å²) in [5.74, 6) is -1.35. The first-order valence-electron chi connectivity index (χ1n) is 8.60. The van der Waals surface area contributed by atoms with Crippen molar-refractivity contribution in [1.29, 1.82) is 5.26 Å². The van der Waals surface area contributed by atoms with Crippen LogP contribution in [0.15, 0.2) is 48.5 Å². The van der Waals surface area contributed by atoms with Crippen molar-refractivity contribution < 1.29 is 14.3 Å². The van der Waals surface area contributed by atoms with Crippen LogP contribution in [-0.2, 0) is 9.53 Å². The summed E-state index contributed by atoms with van der Waals surface area (Å²) in [5, 5.41) is 20.5. The number of halogens is 1. The average Bonchev–Trinajstić information content (AvgIpc) is 3.10. The van der Waals surface area contributed by atoms with Crippen molar-refractivity contribution in [1.82, 2.24) is 15.0 Å². The molecule has 3 aromatic rings. The number of rotatable bonds is 5. The van der Waals surface area contributed by atoms with E-state index in [-0.39, 0.29) is 5.69 Å². The minimum absolute atomic E-state index is 0.0120. The zero-order valence-electron chi connectivity index (χ0n) is 15.6. The highest BCUT2D eigenvalue weighted by molar-refractivity contribution is 6.30. The zero-order chi connectivity index (χ0) is 21.0. The van der Waals surface area contributed by atoms with Gasteiger partial charge in [-0.2, -0.15) is 15.2 Å². The van der Waals surface area contributed by atoms with E-state index in [4.69, 9.17) is 21.6 Å². The molecule has 8 nitrogen and oxygen atoms in total. The van der Waals surface area contributed by atoms with Gasteiger partial charge in [0.05, 0.1) is 22.6 Å². The lowest BCUT2D eigenvalue weighted by Gasteiger charge is -2.13. The van der Waals surface area contributed by atoms with Crippen LogP contribution in [0.2, 0.25) is 5.02 Å². The van der Waals surface area contributed by atoms with Gasteiger partial charge in [0.2, 0.25) is 0 Å². The summed E-state index contributed by atoms with van der Waals surface area (Å²) in [5.41, 5.74) is 1.56. The van der Waals surface area contributed by atoms with Crippen molar-refractivity contribution in [2.45, 2.75) is 20.0 Å². The molecule has 1 aromatic heterocycles. The largest absolute Gasteiger partial charge is 0.448 e. The van der Waals surface area contributed by atoms with Crippen LogP contribution in [0, 0.1) is 18.3 Å². The molecule has 29 heavy (non-hydrogen) atoms. The maximum Gasteiger partial charge on any atom is 0.361 e. The molecule has 1 N–H and O–H groups in total. The Morgan fingerprint density at radius 2 is 1.97 bits per heavy atom. The molecule has 2 aromatic carbocycles. The number of anilines is 1. The number of ether oxygens (including phenoxy) is 1. The molecule has 0 saturated carbocycles. The van der Waals surface area contributed by atoms with E-state index in [0.29, 0.717) is 27.7 Å². The maximum absolute atomic E-state index is 12.5. The van der Waals surface area contributed by atoms with Gasteiger partial charge >= 0.3 is 5.97 Å². The van der Waals surface area contributed by atoms with Crippen LogP contribution in [0.1, 0.15) is 28.7 Å². The summed E-state index contributed by atoms with van der Waals surface area (Å²) >= 11 is 5.97. The Kier molecular flexibility index (Phi) is 5.90. The lowest BCUT2D eigenvalue weighted by Crippen LogP contribution is -2.30. The second-order valence-electron chi connectivity index (χ2n) is 6.10. The lowest BCUT2D eigenvalue weighted by atomic mass is 10.2. The molecule has 0 saturated heterocycles. The molecule has 0 aliphatic carbocycles. The first-order valence-corrected chi connectivity index (χ1v) is 8.97. The number of carbonyl (C=O) groups is 2. The fourth-order valence-electron chi connectivity index (χ4n) is 2.48. The van der Waals surface area contributed by atoms with Crippen molar-refractivity contribution in [3.05, 3.63) is 70.5 Å². The molecule has 0 unspecified atom stereocenters. The van der Waals surface area contributed by atoms with Crippen LogP contribution < -0.4 is 5.32 Å². The molecule has 3 rings (SSSR count). The van der Waals surface area contributed by atoms with E-state index in [1.807, 2.05) is 6.07 Å². The number of nitrogens with zero attached hydrogens (tertiary/aromatic N) is 4. The van der Waals surface area contributed by atoms with Gasteiger partial charge in [-0.3, -0.25) is 4.79 Å². The van der Waals surface area contributed by atoms with Crippen molar-refractivity contribution in [3.8, 4) is 11.8 Å². The average molecular weight is 410 g/mol. The first-order chi connectivity index (χ1) is 13.9. The molecule has 1 heterocycles. The predicted octanol–water partition coefficient (Wildman–Crippen LogP) is 3.28. The van der Waals surface area contributed by atoms with Gasteiger partial charge in [0, 0.05) is 5.02 Å². The van der Waals surface area contributed by atoms with Crippen molar-refractivity contribution in [2.24, 2.45) is 0 Å². The second kappa shape index (κ2) is 8.54. The Morgan fingerprint density at radius 1 is 1.21 bits per heavy atom. The Hall–Kier alpha value is -3.70. The fourth-order valence-corrected chi connectivity index (χ4v) is 2.66. The summed E-state index contributed by atoms with van der Waals surface area (Å²) in [6.07, 6.45) is -1.11. The number of nitriles is 1. The number of aryl methyl sites for hydroxylation is 1. The summed E-state index contributed by atoms with van der Waals surface area (Å²) in [6.45, 7) is 3.04. The van der Waals surface area contributed by atoms with Crippen LogP contribution in [0.5, 0.6) is 0 Å². The summed E-state index contributed by atoms with van der Waals surface area (Å²) in [7, 11) is 0. The number of para-hydroxylation sites is 1. The molecule has 0 spiro atoms. The highest BCUT2D eigenvalue weighted by Gasteiger charge is 2.24. The van der Waals surface area contributed by atoms with Gasteiger partial charge in [-0.05, 0) is 44.2 Å². The van der Waals surface area contributed by atoms with Gasteiger partial charge in [0.1, 0.15) is 6.07 Å². The number of aromatic nitrogens is 3. The monoisotopic (exact) mass is 409 g/mol. The second-order valence-corrected chi connectivity index (χ2v) is 6.53. The Labute approximate surface area is 171 Å². The third-order valence-corrected chi connectivity index (χ3v) is 4.21. The van der Waals surface area contributed by atoms with Crippen LogP contribution in [-0.4, -0.2) is 33.0 Å². The minimum atomic E-state index is -1.11. The number of esters is 1. The number of carbonyl (C=O) groups excluding carboxylic acids is 2. The number of nitrogens with one attached hydrogen (secondary N) is 1. The quantitative estimate of drug-likeness (QED) is 0.647. The van der Waals surface area contributed by atoms with Crippen molar-refractivity contribution in [3.63, 3.8) is 0 Å². The summed E-state index contributed by atoms with van der Waals surface area (Å²) < 4.78 is 5.22. The number of benzene rings is 2. The lowest BCUT2D eigenvalue weighted by molar-refractivity contribution is -0.123. The Bertz CT molecular complexity index is 1120. The van der Waals surface area contributed by atoms with Crippen LogP contribution in [0.3, 0.4) is 0 Å². The molecular weight excluding hydrogens is 394 g/mol. The topological polar surface area (TPSA) is 110 Å². The Morgan fingerprint density at radius 3 is 2.69 bits per heavy atom. The van der Waals surface area contributed by atoms with E-state index in [1.54, 1.807) is 55.5 Å².